The second kappa shape index (κ2) is 11.1. The Morgan fingerprint density at radius 2 is 1.85 bits per heavy atom. The first-order chi connectivity index (χ1) is 18.5. The molecular formula is C25H26N6O7S. The zero-order valence-electron chi connectivity index (χ0n) is 21.4. The third-order valence-electron chi connectivity index (χ3n) is 5.79. The van der Waals surface area contributed by atoms with Gasteiger partial charge in [-0.2, -0.15) is 4.57 Å². The Bertz CT molecular complexity index is 1530. The van der Waals surface area contributed by atoms with Crippen LogP contribution in [0, 0.1) is 6.92 Å². The molecule has 0 atom stereocenters. The van der Waals surface area contributed by atoms with Crippen molar-refractivity contribution in [3.05, 3.63) is 71.8 Å². The van der Waals surface area contributed by atoms with Crippen LogP contribution in [0.2, 0.25) is 0 Å². The molecule has 3 aromatic heterocycles. The second-order valence-corrected chi connectivity index (χ2v) is 10.3. The molecule has 39 heavy (non-hydrogen) atoms. The van der Waals surface area contributed by atoms with Crippen LogP contribution < -0.4 is 19.7 Å². The van der Waals surface area contributed by atoms with E-state index < -0.39 is 22.1 Å². The van der Waals surface area contributed by atoms with Gasteiger partial charge in [-0.3, -0.25) is 9.59 Å². The van der Waals surface area contributed by atoms with E-state index in [1.165, 1.54) is 7.05 Å². The number of imide groups is 1. The smallest absolute Gasteiger partial charge is 0.426 e. The fourth-order valence-corrected chi connectivity index (χ4v) is 3.99. The number of fused-ring (bicyclic) bond motifs is 2. The molecule has 3 aromatic rings. The average molecular weight is 555 g/mol. The lowest BCUT2D eigenvalue weighted by Crippen LogP contribution is -2.42. The van der Waals surface area contributed by atoms with Crippen molar-refractivity contribution in [1.29, 1.82) is 0 Å². The van der Waals surface area contributed by atoms with Crippen LogP contribution in [0.5, 0.6) is 0 Å². The summed E-state index contributed by atoms with van der Waals surface area (Å²) < 4.78 is 34.3. The van der Waals surface area contributed by atoms with E-state index in [0.29, 0.717) is 40.3 Å². The monoisotopic (exact) mass is 554 g/mol. The van der Waals surface area contributed by atoms with Gasteiger partial charge in [0, 0.05) is 37.8 Å². The summed E-state index contributed by atoms with van der Waals surface area (Å²) in [5, 5.41) is 2.55. The van der Waals surface area contributed by atoms with Crippen LogP contribution >= 0.6 is 0 Å². The molecule has 1 aliphatic heterocycles. The number of hydrogen-bond donors (Lipinski definition) is 1. The molecule has 13 nitrogen and oxygen atoms in total. The highest BCUT2D eigenvalue weighted by atomic mass is 32.2. The number of ether oxygens (including phenoxy) is 1. The normalized spacial score (nSPS) is 14.3. The first-order valence-electron chi connectivity index (χ1n) is 11.8. The minimum Gasteiger partial charge on any atom is -0.748 e. The second-order valence-electron chi connectivity index (χ2n) is 8.85. The van der Waals surface area contributed by atoms with E-state index in [0.717, 1.165) is 17.7 Å². The van der Waals surface area contributed by atoms with E-state index in [2.05, 4.69) is 15.3 Å². The van der Waals surface area contributed by atoms with Gasteiger partial charge in [-0.1, -0.05) is 0 Å². The zero-order chi connectivity index (χ0) is 28.3. The molecule has 1 N–H and O–H groups in total. The molecule has 14 heteroatoms. The molecule has 4 heterocycles. The Hall–Kier alpha value is -4.43. The van der Waals surface area contributed by atoms with E-state index in [1.807, 2.05) is 11.8 Å². The lowest BCUT2D eigenvalue weighted by molar-refractivity contribution is -0.727. The number of rotatable bonds is 4. The van der Waals surface area contributed by atoms with Gasteiger partial charge in [0.25, 0.3) is 18.5 Å². The van der Waals surface area contributed by atoms with E-state index >= 15 is 0 Å². The van der Waals surface area contributed by atoms with Crippen molar-refractivity contribution in [2.45, 2.75) is 32.5 Å². The third kappa shape index (κ3) is 6.35. The van der Waals surface area contributed by atoms with Crippen LogP contribution in [-0.2, 0) is 21.6 Å². The molecule has 0 spiro atoms. The van der Waals surface area contributed by atoms with E-state index in [1.54, 1.807) is 59.7 Å². The van der Waals surface area contributed by atoms with Crippen molar-refractivity contribution >= 4 is 45.3 Å². The first kappa shape index (κ1) is 27.6. The summed E-state index contributed by atoms with van der Waals surface area (Å²) in [6.45, 7) is 1.64. The Labute approximate surface area is 224 Å². The number of amides is 3. The average Bonchev–Trinajstić information content (AvgIpc) is 3.73. The maximum atomic E-state index is 13.6. The number of nitrogens with zero attached hydrogens (tertiary/aromatic N) is 5. The van der Waals surface area contributed by atoms with Gasteiger partial charge in [0.2, 0.25) is 0 Å². The molecule has 3 amide bonds. The molecule has 2 aliphatic rings. The van der Waals surface area contributed by atoms with Crippen molar-refractivity contribution < 1.29 is 36.7 Å². The van der Waals surface area contributed by atoms with Gasteiger partial charge in [0.15, 0.2) is 18.2 Å². The summed E-state index contributed by atoms with van der Waals surface area (Å²) in [7, 11) is -2.38. The van der Waals surface area contributed by atoms with Gasteiger partial charge in [-0.25, -0.2) is 28.1 Å². The topological polar surface area (TPSA) is 166 Å². The molecule has 0 radical (unpaired) electrons. The fraction of sp³-hybridized carbons (Fsp3) is 0.280. The molecular weight excluding hydrogens is 528 g/mol. The van der Waals surface area contributed by atoms with Gasteiger partial charge in [0.05, 0.1) is 15.7 Å². The van der Waals surface area contributed by atoms with Crippen molar-refractivity contribution in [2.75, 3.05) is 23.1 Å². The molecule has 204 valence electrons. The quantitative estimate of drug-likeness (QED) is 0.370. The Balaban J connectivity index is 0.000000648. The summed E-state index contributed by atoms with van der Waals surface area (Å²) in [4.78, 5) is 50.9. The minimum atomic E-state index is -3.92. The van der Waals surface area contributed by atoms with E-state index in [9.17, 15) is 14.4 Å². The maximum absolute atomic E-state index is 13.6. The number of carbonyl (C=O) groups is 3. The van der Waals surface area contributed by atoms with Crippen LogP contribution in [0.1, 0.15) is 39.1 Å². The predicted molar refractivity (Wildman–Crippen MR) is 137 cm³/mol. The van der Waals surface area contributed by atoms with Crippen molar-refractivity contribution in [3.8, 4) is 0 Å². The van der Waals surface area contributed by atoms with Crippen molar-refractivity contribution in [2.24, 2.45) is 0 Å². The van der Waals surface area contributed by atoms with Crippen molar-refractivity contribution in [1.82, 2.24) is 15.3 Å². The predicted octanol–water partition coefficient (Wildman–Crippen LogP) is 1.65. The lowest BCUT2D eigenvalue weighted by Gasteiger charge is -2.25. The largest absolute Gasteiger partial charge is 0.748 e. The standard InChI is InChI=1S/C24H22N6O4.CH4O3S/c1-15-9-11-27-21-19(15)30(23(32)18-6-3-10-26-20(18)29(21)17-7-8-17)24(33)34-14-28-12-4-5-16(13-28)22(31)25-2;1-5(2,3)4/h3-6,9-13,17H,7-8,14H2,1-2H3;1H3,(H,2,3,4). The Morgan fingerprint density at radius 1 is 1.15 bits per heavy atom. The summed E-state index contributed by atoms with van der Waals surface area (Å²) in [5.41, 5.74) is 1.81. The van der Waals surface area contributed by atoms with E-state index in [-0.39, 0.29) is 18.7 Å². The number of aromatic nitrogens is 3. The van der Waals surface area contributed by atoms with Gasteiger partial charge >= 0.3 is 6.09 Å². The number of hydrogen-bond acceptors (Lipinski definition) is 10. The number of anilines is 3. The number of pyridine rings is 3. The lowest BCUT2D eigenvalue weighted by atomic mass is 10.2. The maximum Gasteiger partial charge on any atom is 0.426 e. The molecule has 1 fully saturated rings. The molecule has 0 aromatic carbocycles. The molecule has 0 saturated heterocycles. The molecule has 5 rings (SSSR count). The summed E-state index contributed by atoms with van der Waals surface area (Å²) in [6.07, 6.45) is 8.17. The number of carbonyl (C=O) groups excluding carboxylic acids is 3. The van der Waals surface area contributed by atoms with Crippen LogP contribution in [0.4, 0.5) is 22.1 Å². The Kier molecular flexibility index (Phi) is 7.88. The molecule has 1 saturated carbocycles. The molecule has 0 unspecified atom stereocenters. The SMILES string of the molecule is CNC(=O)c1ccc[n+](COC(=O)N2C(=O)c3cccnc3N(C3CC3)c3nccc(C)c32)c1.CS(=O)(=O)[O-]. The highest BCUT2D eigenvalue weighted by molar-refractivity contribution is 7.84. The highest BCUT2D eigenvalue weighted by Gasteiger charge is 2.43. The van der Waals surface area contributed by atoms with Gasteiger partial charge in [0.1, 0.15) is 17.1 Å². The van der Waals surface area contributed by atoms with Crippen LogP contribution in [0.15, 0.2) is 55.1 Å². The van der Waals surface area contributed by atoms with Crippen LogP contribution in [0.3, 0.4) is 0 Å². The van der Waals surface area contributed by atoms with Crippen molar-refractivity contribution in [3.63, 3.8) is 0 Å². The van der Waals surface area contributed by atoms with Crippen LogP contribution in [-0.4, -0.2) is 60.2 Å². The summed E-state index contributed by atoms with van der Waals surface area (Å²) in [5.74, 6) is 0.192. The summed E-state index contributed by atoms with van der Waals surface area (Å²) >= 11 is 0. The zero-order valence-corrected chi connectivity index (χ0v) is 22.2. The Morgan fingerprint density at radius 3 is 2.51 bits per heavy atom. The minimum absolute atomic E-state index is 0.161. The van der Waals surface area contributed by atoms with Crippen LogP contribution in [0.25, 0.3) is 0 Å². The molecule has 1 aliphatic carbocycles. The van der Waals surface area contributed by atoms with Gasteiger partial charge in [-0.15, -0.1) is 0 Å². The van der Waals surface area contributed by atoms with Gasteiger partial charge in [-0.05, 0) is 49.6 Å². The fourth-order valence-electron chi connectivity index (χ4n) is 3.99. The highest BCUT2D eigenvalue weighted by Crippen LogP contribution is 2.45. The number of aryl methyl sites for hydroxylation is 1. The number of nitrogens with one attached hydrogen (secondary N) is 1. The first-order valence-corrected chi connectivity index (χ1v) is 13.6. The third-order valence-corrected chi connectivity index (χ3v) is 5.79. The van der Waals surface area contributed by atoms with Gasteiger partial charge < -0.3 is 19.5 Å². The molecule has 0 bridgehead atoms. The summed E-state index contributed by atoms with van der Waals surface area (Å²) in [6, 6.07) is 8.56. The van der Waals surface area contributed by atoms with E-state index in [4.69, 9.17) is 17.7 Å².